The third kappa shape index (κ3) is 1.95. The molecule has 2 nitrogen and oxygen atoms in total. The minimum absolute atomic E-state index is 0.0311. The molecule has 0 amide bonds. The first-order valence-electron chi connectivity index (χ1n) is 6.95. The molecular weight excluding hydrogens is 227 g/mol. The Balaban J connectivity index is 1.86. The molecule has 0 bridgehead atoms. The van der Waals surface area contributed by atoms with Gasteiger partial charge in [-0.2, -0.15) is 0 Å². The predicted octanol–water partition coefficient (Wildman–Crippen LogP) is 2.62. The number of hydrogen-bond acceptors (Lipinski definition) is 2. The molecule has 2 aliphatic rings. The van der Waals surface area contributed by atoms with E-state index in [0.29, 0.717) is 18.1 Å². The van der Waals surface area contributed by atoms with E-state index < -0.39 is 0 Å². The average molecular weight is 248 g/mol. The normalized spacial score (nSPS) is 32.5. The number of piperidine rings is 1. The summed E-state index contributed by atoms with van der Waals surface area (Å²) in [5.41, 5.74) is 8.16. The molecule has 1 saturated heterocycles. The lowest BCUT2D eigenvalue weighted by atomic mass is 9.95. The smallest absolute Gasteiger partial charge is 0.126 e. The molecule has 3 atom stereocenters. The number of nitrogens with two attached hydrogens (primary N) is 1. The average Bonchev–Trinajstić information content (AvgIpc) is 2.74. The Morgan fingerprint density at radius 2 is 2.17 bits per heavy atom. The van der Waals surface area contributed by atoms with Crippen LogP contribution in [0, 0.1) is 5.82 Å². The number of halogens is 1. The van der Waals surface area contributed by atoms with Crippen molar-refractivity contribution in [3.63, 3.8) is 0 Å². The molecule has 1 aliphatic heterocycles. The minimum Gasteiger partial charge on any atom is -0.328 e. The van der Waals surface area contributed by atoms with Crippen LogP contribution in [0.5, 0.6) is 0 Å². The summed E-state index contributed by atoms with van der Waals surface area (Å²) in [6, 6.07) is 6.76. The summed E-state index contributed by atoms with van der Waals surface area (Å²) in [5.74, 6) is -0.0311. The number of benzene rings is 1. The van der Waals surface area contributed by atoms with Gasteiger partial charge in [0.2, 0.25) is 0 Å². The molecule has 18 heavy (non-hydrogen) atoms. The van der Waals surface area contributed by atoms with Crippen molar-refractivity contribution in [1.82, 2.24) is 4.90 Å². The highest BCUT2D eigenvalue weighted by Crippen LogP contribution is 2.39. The number of nitrogens with zero attached hydrogens (tertiary/aromatic N) is 1. The van der Waals surface area contributed by atoms with Gasteiger partial charge in [-0.1, -0.05) is 12.1 Å². The highest BCUT2D eigenvalue weighted by molar-refractivity contribution is 5.35. The van der Waals surface area contributed by atoms with E-state index in [9.17, 15) is 4.39 Å². The Morgan fingerprint density at radius 3 is 2.94 bits per heavy atom. The first-order valence-corrected chi connectivity index (χ1v) is 6.95. The van der Waals surface area contributed by atoms with E-state index in [1.807, 2.05) is 6.07 Å². The van der Waals surface area contributed by atoms with Gasteiger partial charge in [-0.25, -0.2) is 4.39 Å². The molecule has 0 saturated carbocycles. The maximum absolute atomic E-state index is 13.8. The fourth-order valence-electron chi connectivity index (χ4n) is 3.62. The summed E-state index contributed by atoms with van der Waals surface area (Å²) in [6.45, 7) is 3.29. The fraction of sp³-hybridized carbons (Fsp3) is 0.600. The van der Waals surface area contributed by atoms with E-state index in [0.717, 1.165) is 37.8 Å². The fourth-order valence-corrected chi connectivity index (χ4v) is 3.62. The molecular formula is C15H21FN2. The summed E-state index contributed by atoms with van der Waals surface area (Å²) >= 11 is 0. The van der Waals surface area contributed by atoms with Gasteiger partial charge in [-0.15, -0.1) is 0 Å². The van der Waals surface area contributed by atoms with Crippen molar-refractivity contribution < 1.29 is 4.39 Å². The molecule has 98 valence electrons. The van der Waals surface area contributed by atoms with E-state index in [2.05, 4.69) is 17.9 Å². The topological polar surface area (TPSA) is 29.3 Å². The van der Waals surface area contributed by atoms with Crippen LogP contribution in [0.2, 0.25) is 0 Å². The van der Waals surface area contributed by atoms with Crippen LogP contribution in [-0.4, -0.2) is 23.5 Å². The Morgan fingerprint density at radius 1 is 1.33 bits per heavy atom. The lowest BCUT2D eigenvalue weighted by Gasteiger charge is -2.40. The molecule has 1 fully saturated rings. The van der Waals surface area contributed by atoms with E-state index in [-0.39, 0.29) is 5.82 Å². The van der Waals surface area contributed by atoms with E-state index in [1.165, 1.54) is 5.56 Å². The van der Waals surface area contributed by atoms with Gasteiger partial charge in [0.25, 0.3) is 0 Å². The summed E-state index contributed by atoms with van der Waals surface area (Å²) in [4.78, 5) is 2.52. The summed E-state index contributed by atoms with van der Waals surface area (Å²) in [7, 11) is 0. The van der Waals surface area contributed by atoms with Crippen LogP contribution in [0.15, 0.2) is 18.2 Å². The second-order valence-electron chi connectivity index (χ2n) is 5.73. The second kappa shape index (κ2) is 4.63. The van der Waals surface area contributed by atoms with Crippen molar-refractivity contribution >= 4 is 0 Å². The van der Waals surface area contributed by atoms with Crippen molar-refractivity contribution in [2.24, 2.45) is 5.73 Å². The number of likely N-dealkylation sites (tertiary alicyclic amines) is 1. The molecule has 1 aliphatic carbocycles. The van der Waals surface area contributed by atoms with E-state index >= 15 is 0 Å². The van der Waals surface area contributed by atoms with Crippen molar-refractivity contribution in [3.8, 4) is 0 Å². The first kappa shape index (κ1) is 12.1. The Kier molecular flexibility index (Phi) is 3.12. The minimum atomic E-state index is -0.0311. The zero-order chi connectivity index (χ0) is 12.7. The van der Waals surface area contributed by atoms with Gasteiger partial charge < -0.3 is 5.73 Å². The number of rotatable bonds is 1. The lowest BCUT2D eigenvalue weighted by Crippen LogP contribution is -2.46. The third-order valence-corrected chi connectivity index (χ3v) is 4.55. The third-order valence-electron chi connectivity index (χ3n) is 4.55. The first-order chi connectivity index (χ1) is 8.66. The van der Waals surface area contributed by atoms with Crippen LogP contribution in [-0.2, 0) is 6.42 Å². The molecule has 0 radical (unpaired) electrons. The monoisotopic (exact) mass is 248 g/mol. The van der Waals surface area contributed by atoms with Crippen LogP contribution in [0.25, 0.3) is 0 Å². The molecule has 3 rings (SSSR count). The van der Waals surface area contributed by atoms with E-state index in [1.54, 1.807) is 6.07 Å². The van der Waals surface area contributed by atoms with Gasteiger partial charge in [0, 0.05) is 24.7 Å². The molecule has 1 aromatic carbocycles. The van der Waals surface area contributed by atoms with Crippen LogP contribution < -0.4 is 5.73 Å². The standard InChI is InChI=1S/C15H21FN2/c1-10-9-11(17)7-8-18(10)15-6-5-12-13(15)3-2-4-14(12)16/h2-4,10-11,15H,5-9,17H2,1H3. The Labute approximate surface area is 108 Å². The van der Waals surface area contributed by atoms with Crippen molar-refractivity contribution in [2.45, 2.75) is 50.7 Å². The SMILES string of the molecule is CC1CC(N)CCN1C1CCc2c(F)cccc21. The Hall–Kier alpha value is -0.930. The maximum atomic E-state index is 13.8. The summed E-state index contributed by atoms with van der Waals surface area (Å²) in [6.07, 6.45) is 4.05. The largest absolute Gasteiger partial charge is 0.328 e. The van der Waals surface area contributed by atoms with Crippen LogP contribution in [0.3, 0.4) is 0 Å². The van der Waals surface area contributed by atoms with Gasteiger partial charge in [-0.3, -0.25) is 4.90 Å². The van der Waals surface area contributed by atoms with Gasteiger partial charge in [0.05, 0.1) is 0 Å². The summed E-state index contributed by atoms with van der Waals surface area (Å²) in [5, 5.41) is 0. The summed E-state index contributed by atoms with van der Waals surface area (Å²) < 4.78 is 13.8. The molecule has 0 aromatic heterocycles. The van der Waals surface area contributed by atoms with Crippen LogP contribution >= 0.6 is 0 Å². The van der Waals surface area contributed by atoms with Crippen LogP contribution in [0.1, 0.15) is 43.4 Å². The molecule has 3 unspecified atom stereocenters. The van der Waals surface area contributed by atoms with Crippen molar-refractivity contribution in [2.75, 3.05) is 6.54 Å². The number of hydrogen-bond donors (Lipinski definition) is 1. The predicted molar refractivity (Wildman–Crippen MR) is 70.8 cm³/mol. The molecule has 1 heterocycles. The zero-order valence-electron chi connectivity index (χ0n) is 10.9. The Bertz CT molecular complexity index is 446. The highest BCUT2D eigenvalue weighted by Gasteiger charge is 2.34. The molecule has 1 aromatic rings. The molecule has 0 spiro atoms. The molecule has 3 heteroatoms. The number of fused-ring (bicyclic) bond motifs is 1. The maximum Gasteiger partial charge on any atom is 0.126 e. The van der Waals surface area contributed by atoms with Gasteiger partial charge in [0.1, 0.15) is 5.82 Å². The molecule has 2 N–H and O–H groups in total. The lowest BCUT2D eigenvalue weighted by molar-refractivity contribution is 0.0957. The highest BCUT2D eigenvalue weighted by atomic mass is 19.1. The van der Waals surface area contributed by atoms with Crippen molar-refractivity contribution in [1.29, 1.82) is 0 Å². The quantitative estimate of drug-likeness (QED) is 0.828. The van der Waals surface area contributed by atoms with Crippen molar-refractivity contribution in [3.05, 3.63) is 35.1 Å². The van der Waals surface area contributed by atoms with E-state index in [4.69, 9.17) is 5.73 Å². The van der Waals surface area contributed by atoms with Gasteiger partial charge in [0.15, 0.2) is 0 Å². The van der Waals surface area contributed by atoms with Gasteiger partial charge in [-0.05, 0) is 49.8 Å². The van der Waals surface area contributed by atoms with Crippen LogP contribution in [0.4, 0.5) is 4.39 Å². The second-order valence-corrected chi connectivity index (χ2v) is 5.73. The van der Waals surface area contributed by atoms with Gasteiger partial charge >= 0.3 is 0 Å². The zero-order valence-corrected chi connectivity index (χ0v) is 10.9.